The molecule has 29 heavy (non-hydrogen) atoms. The number of fused-ring (bicyclic) bond motifs is 1. The molecule has 1 aliphatic heterocycles. The average molecular weight is 397 g/mol. The number of benzene rings is 1. The molecule has 0 N–H and O–H groups in total. The van der Waals surface area contributed by atoms with E-state index in [4.69, 9.17) is 13.3 Å². The summed E-state index contributed by atoms with van der Waals surface area (Å²) in [7, 11) is 1.59. The number of hydrogen-bond acceptors (Lipinski definition) is 5. The number of likely N-dealkylation sites (N-methyl/N-ethyl adjacent to an activating group) is 1. The maximum atomic E-state index is 12.6. The SMILES string of the molecule is [2H]C([2H])([2H])N(C)CCc1coc2ccc(-c3cncc(CC(=O)N4CCOCC4)c3)cc12. The Morgan fingerprint density at radius 1 is 1.24 bits per heavy atom. The van der Waals surface area contributed by atoms with Crippen LogP contribution in [-0.2, 0) is 22.4 Å². The van der Waals surface area contributed by atoms with Crippen LogP contribution in [0.1, 0.15) is 15.2 Å². The summed E-state index contributed by atoms with van der Waals surface area (Å²) in [6.45, 7) is 0.704. The lowest BCUT2D eigenvalue weighted by molar-refractivity contribution is -0.134. The van der Waals surface area contributed by atoms with E-state index in [2.05, 4.69) is 4.98 Å². The summed E-state index contributed by atoms with van der Waals surface area (Å²) >= 11 is 0. The fraction of sp³-hybridized carbons (Fsp3) is 0.391. The van der Waals surface area contributed by atoms with Crippen molar-refractivity contribution >= 4 is 16.9 Å². The fourth-order valence-electron chi connectivity index (χ4n) is 3.58. The first-order valence-corrected chi connectivity index (χ1v) is 9.82. The van der Waals surface area contributed by atoms with Crippen molar-refractivity contribution in [2.24, 2.45) is 0 Å². The molecule has 1 aromatic carbocycles. The number of ether oxygens (including phenoxy) is 1. The summed E-state index contributed by atoms with van der Waals surface area (Å²) in [6.07, 6.45) is 6.08. The summed E-state index contributed by atoms with van der Waals surface area (Å²) in [5, 5.41) is 0.955. The number of carbonyl (C=O) groups excluding carboxylic acids is 1. The highest BCUT2D eigenvalue weighted by atomic mass is 16.5. The van der Waals surface area contributed by atoms with Crippen LogP contribution in [0, 0.1) is 0 Å². The fourth-order valence-corrected chi connectivity index (χ4v) is 3.58. The third-order valence-corrected chi connectivity index (χ3v) is 5.22. The molecular formula is C23H27N3O3. The summed E-state index contributed by atoms with van der Waals surface area (Å²) in [6, 6.07) is 7.91. The van der Waals surface area contributed by atoms with Crippen LogP contribution in [0.4, 0.5) is 0 Å². The Labute approximate surface area is 175 Å². The molecule has 6 heteroatoms. The van der Waals surface area contributed by atoms with Crippen molar-refractivity contribution < 1.29 is 18.1 Å². The molecule has 0 spiro atoms. The van der Waals surface area contributed by atoms with Gasteiger partial charge in [0.25, 0.3) is 0 Å². The van der Waals surface area contributed by atoms with Gasteiger partial charge in [0, 0.05) is 47.1 Å². The van der Waals surface area contributed by atoms with E-state index < -0.39 is 6.98 Å². The Hall–Kier alpha value is -2.70. The van der Waals surface area contributed by atoms with E-state index in [0.717, 1.165) is 33.2 Å². The van der Waals surface area contributed by atoms with E-state index in [-0.39, 0.29) is 5.91 Å². The molecule has 0 unspecified atom stereocenters. The molecule has 3 aromatic rings. The first kappa shape index (κ1) is 16.1. The number of furan rings is 1. The smallest absolute Gasteiger partial charge is 0.227 e. The van der Waals surface area contributed by atoms with Crippen LogP contribution in [0.2, 0.25) is 0 Å². The molecule has 3 heterocycles. The van der Waals surface area contributed by atoms with E-state index in [1.807, 2.05) is 29.2 Å². The first-order chi connectivity index (χ1) is 15.3. The van der Waals surface area contributed by atoms with E-state index in [9.17, 15) is 4.79 Å². The lowest BCUT2D eigenvalue weighted by atomic mass is 10.0. The standard InChI is InChI=1S/C23H27N3O3/c1-25(2)6-5-19-16-29-22-4-3-18(13-21(19)22)20-11-17(14-24-15-20)12-23(27)26-7-9-28-10-8-26/h3-4,11,13-16H,5-10,12H2,1-2H3/i1D3. The molecule has 6 nitrogen and oxygen atoms in total. The Kier molecular flexibility index (Phi) is 4.87. The molecule has 1 saturated heterocycles. The largest absolute Gasteiger partial charge is 0.464 e. The third kappa shape index (κ3) is 4.66. The van der Waals surface area contributed by atoms with Gasteiger partial charge in [0.15, 0.2) is 0 Å². The van der Waals surface area contributed by atoms with Crippen molar-refractivity contribution in [2.75, 3.05) is 46.9 Å². The number of aromatic nitrogens is 1. The van der Waals surface area contributed by atoms with Gasteiger partial charge in [0.1, 0.15) is 5.58 Å². The molecule has 0 saturated carbocycles. The molecule has 0 atom stereocenters. The molecule has 1 amide bonds. The number of pyridine rings is 1. The molecule has 1 aliphatic rings. The average Bonchev–Trinajstić information content (AvgIpc) is 3.19. The molecule has 0 aliphatic carbocycles. The van der Waals surface area contributed by atoms with Gasteiger partial charge >= 0.3 is 0 Å². The van der Waals surface area contributed by atoms with Gasteiger partial charge in [-0.2, -0.15) is 0 Å². The van der Waals surface area contributed by atoms with E-state index >= 15 is 0 Å². The maximum absolute atomic E-state index is 12.6. The molecule has 2 aromatic heterocycles. The highest BCUT2D eigenvalue weighted by Crippen LogP contribution is 2.28. The van der Waals surface area contributed by atoms with Crippen molar-refractivity contribution in [3.05, 3.63) is 54.0 Å². The third-order valence-electron chi connectivity index (χ3n) is 5.22. The Balaban J connectivity index is 1.52. The van der Waals surface area contributed by atoms with Gasteiger partial charge in [-0.25, -0.2) is 0 Å². The lowest BCUT2D eigenvalue weighted by Crippen LogP contribution is -2.41. The number of carbonyl (C=O) groups is 1. The second-order valence-corrected chi connectivity index (χ2v) is 7.40. The first-order valence-electron chi connectivity index (χ1n) is 11.3. The van der Waals surface area contributed by atoms with Gasteiger partial charge in [-0.05, 0) is 55.3 Å². The van der Waals surface area contributed by atoms with Gasteiger partial charge in [-0.1, -0.05) is 6.07 Å². The number of nitrogens with zero attached hydrogens (tertiary/aromatic N) is 3. The Morgan fingerprint density at radius 2 is 2.10 bits per heavy atom. The number of amides is 1. The van der Waals surface area contributed by atoms with Crippen LogP contribution < -0.4 is 0 Å². The maximum Gasteiger partial charge on any atom is 0.227 e. The van der Waals surface area contributed by atoms with Crippen LogP contribution in [-0.4, -0.2) is 67.6 Å². The molecule has 1 fully saturated rings. The summed E-state index contributed by atoms with van der Waals surface area (Å²) in [5.41, 5.74) is 4.48. The number of hydrogen-bond donors (Lipinski definition) is 0. The van der Waals surface area contributed by atoms with Crippen molar-refractivity contribution in [2.45, 2.75) is 12.8 Å². The predicted molar refractivity (Wildman–Crippen MR) is 113 cm³/mol. The summed E-state index contributed by atoms with van der Waals surface area (Å²) in [5.74, 6) is 0.0817. The monoisotopic (exact) mass is 396 g/mol. The van der Waals surface area contributed by atoms with Gasteiger partial charge in [0.2, 0.25) is 5.91 Å². The van der Waals surface area contributed by atoms with Crippen LogP contribution in [0.15, 0.2) is 47.3 Å². The topological polar surface area (TPSA) is 58.8 Å². The quantitative estimate of drug-likeness (QED) is 0.641. The lowest BCUT2D eigenvalue weighted by Gasteiger charge is -2.26. The van der Waals surface area contributed by atoms with Gasteiger partial charge in [-0.15, -0.1) is 0 Å². The zero-order valence-corrected chi connectivity index (χ0v) is 16.6. The minimum absolute atomic E-state index is 0.0817. The van der Waals surface area contributed by atoms with Crippen molar-refractivity contribution in [1.82, 2.24) is 14.8 Å². The number of morpholine rings is 1. The van der Waals surface area contributed by atoms with Crippen LogP contribution in [0.25, 0.3) is 22.1 Å². The van der Waals surface area contributed by atoms with Gasteiger partial charge in [-0.3, -0.25) is 9.78 Å². The molecular weight excluding hydrogens is 366 g/mol. The minimum atomic E-state index is -2.12. The molecule has 4 rings (SSSR count). The zero-order valence-electron chi connectivity index (χ0n) is 19.6. The highest BCUT2D eigenvalue weighted by molar-refractivity contribution is 5.86. The van der Waals surface area contributed by atoms with Crippen LogP contribution >= 0.6 is 0 Å². The van der Waals surface area contributed by atoms with Gasteiger partial charge in [0.05, 0.1) is 25.9 Å². The van der Waals surface area contributed by atoms with Gasteiger partial charge < -0.3 is 19.0 Å². The van der Waals surface area contributed by atoms with E-state index in [0.29, 0.717) is 45.7 Å². The van der Waals surface area contributed by atoms with Crippen LogP contribution in [0.3, 0.4) is 0 Å². The zero-order chi connectivity index (χ0) is 22.7. The minimum Gasteiger partial charge on any atom is -0.464 e. The normalized spacial score (nSPS) is 16.6. The predicted octanol–water partition coefficient (Wildman–Crippen LogP) is 3.00. The molecule has 0 bridgehead atoms. The van der Waals surface area contributed by atoms with E-state index in [1.165, 1.54) is 4.90 Å². The molecule has 152 valence electrons. The summed E-state index contributed by atoms with van der Waals surface area (Å²) < 4.78 is 33.5. The molecule has 0 radical (unpaired) electrons. The van der Waals surface area contributed by atoms with Crippen molar-refractivity contribution in [1.29, 1.82) is 0 Å². The highest BCUT2D eigenvalue weighted by Gasteiger charge is 2.17. The van der Waals surface area contributed by atoms with Crippen molar-refractivity contribution in [3.8, 4) is 11.1 Å². The Morgan fingerprint density at radius 3 is 2.93 bits per heavy atom. The van der Waals surface area contributed by atoms with Crippen LogP contribution in [0.5, 0.6) is 0 Å². The second-order valence-electron chi connectivity index (χ2n) is 7.40. The second kappa shape index (κ2) is 8.76. The van der Waals surface area contributed by atoms with E-state index in [1.54, 1.807) is 25.7 Å². The summed E-state index contributed by atoms with van der Waals surface area (Å²) in [4.78, 5) is 20.1. The Bertz CT molecular complexity index is 1090. The van der Waals surface area contributed by atoms with Crippen molar-refractivity contribution in [3.63, 3.8) is 0 Å². The number of rotatable bonds is 6.